The molecular formula is C21H18FNO. The molecule has 0 aliphatic rings. The van der Waals surface area contributed by atoms with Gasteiger partial charge in [-0.05, 0) is 30.7 Å². The second-order valence-electron chi connectivity index (χ2n) is 5.82. The highest BCUT2D eigenvalue weighted by Gasteiger charge is 2.09. The topological polar surface area (TPSA) is 14.2 Å². The summed E-state index contributed by atoms with van der Waals surface area (Å²) >= 11 is 0. The minimum absolute atomic E-state index is 0.311. The van der Waals surface area contributed by atoms with E-state index in [0.717, 1.165) is 13.0 Å². The molecule has 0 amide bonds. The number of fused-ring (bicyclic) bond motifs is 3. The van der Waals surface area contributed by atoms with E-state index in [1.165, 1.54) is 27.9 Å². The van der Waals surface area contributed by atoms with Crippen LogP contribution in [0.15, 0.2) is 72.8 Å². The second-order valence-corrected chi connectivity index (χ2v) is 5.82. The monoisotopic (exact) mass is 319 g/mol. The van der Waals surface area contributed by atoms with Gasteiger partial charge in [0.2, 0.25) is 0 Å². The molecule has 0 bridgehead atoms. The highest BCUT2D eigenvalue weighted by atomic mass is 19.1. The first-order valence-corrected chi connectivity index (χ1v) is 8.18. The first kappa shape index (κ1) is 14.8. The van der Waals surface area contributed by atoms with Crippen LogP contribution in [-0.4, -0.2) is 11.2 Å². The quantitative estimate of drug-likeness (QED) is 0.449. The van der Waals surface area contributed by atoms with E-state index in [1.54, 1.807) is 18.2 Å². The van der Waals surface area contributed by atoms with Crippen molar-refractivity contribution in [3.05, 3.63) is 78.6 Å². The maximum Gasteiger partial charge on any atom is 0.165 e. The zero-order valence-electron chi connectivity index (χ0n) is 13.3. The van der Waals surface area contributed by atoms with Gasteiger partial charge in [-0.2, -0.15) is 0 Å². The first-order valence-electron chi connectivity index (χ1n) is 8.18. The maximum absolute atomic E-state index is 13.6. The summed E-state index contributed by atoms with van der Waals surface area (Å²) < 4.78 is 21.5. The van der Waals surface area contributed by atoms with Crippen molar-refractivity contribution in [1.29, 1.82) is 0 Å². The first-order chi connectivity index (χ1) is 11.8. The lowest BCUT2D eigenvalue weighted by molar-refractivity contribution is 0.289. The van der Waals surface area contributed by atoms with Crippen molar-refractivity contribution >= 4 is 21.8 Å². The molecule has 0 aliphatic heterocycles. The number of hydrogen-bond donors (Lipinski definition) is 0. The summed E-state index contributed by atoms with van der Waals surface area (Å²) in [7, 11) is 0. The van der Waals surface area contributed by atoms with Gasteiger partial charge in [-0.1, -0.05) is 48.5 Å². The van der Waals surface area contributed by atoms with Crippen LogP contribution in [0.1, 0.15) is 6.42 Å². The van der Waals surface area contributed by atoms with Gasteiger partial charge >= 0.3 is 0 Å². The number of aryl methyl sites for hydroxylation is 1. The lowest BCUT2D eigenvalue weighted by Crippen LogP contribution is -2.05. The number of benzene rings is 3. The summed E-state index contributed by atoms with van der Waals surface area (Å²) in [6.45, 7) is 1.32. The number of halogens is 1. The number of aromatic nitrogens is 1. The van der Waals surface area contributed by atoms with Crippen LogP contribution in [-0.2, 0) is 6.54 Å². The summed E-state index contributed by atoms with van der Waals surface area (Å²) in [5.74, 6) is 0.00841. The molecule has 0 saturated heterocycles. The second kappa shape index (κ2) is 6.36. The van der Waals surface area contributed by atoms with E-state index in [0.29, 0.717) is 12.4 Å². The van der Waals surface area contributed by atoms with Crippen LogP contribution < -0.4 is 4.74 Å². The molecule has 0 N–H and O–H groups in total. The molecule has 4 aromatic rings. The van der Waals surface area contributed by atoms with Crippen LogP contribution in [0.4, 0.5) is 4.39 Å². The normalized spacial score (nSPS) is 11.2. The molecule has 3 aromatic carbocycles. The van der Waals surface area contributed by atoms with Crippen LogP contribution in [0.5, 0.6) is 5.75 Å². The Morgan fingerprint density at radius 1 is 0.750 bits per heavy atom. The van der Waals surface area contributed by atoms with Crippen molar-refractivity contribution in [1.82, 2.24) is 4.57 Å². The van der Waals surface area contributed by atoms with Gasteiger partial charge in [-0.3, -0.25) is 0 Å². The van der Waals surface area contributed by atoms with Crippen molar-refractivity contribution < 1.29 is 9.13 Å². The molecule has 1 aromatic heterocycles. The van der Waals surface area contributed by atoms with Gasteiger partial charge in [0.25, 0.3) is 0 Å². The predicted molar refractivity (Wildman–Crippen MR) is 96.0 cm³/mol. The van der Waals surface area contributed by atoms with Crippen molar-refractivity contribution in [3.63, 3.8) is 0 Å². The molecule has 2 nitrogen and oxygen atoms in total. The van der Waals surface area contributed by atoms with Gasteiger partial charge in [-0.15, -0.1) is 0 Å². The molecule has 3 heteroatoms. The average molecular weight is 319 g/mol. The standard InChI is InChI=1S/C21H18FNO/c22-18-10-3-6-13-21(18)24-15-7-14-23-19-11-4-1-8-16(19)17-9-2-5-12-20(17)23/h1-6,8-13H,7,14-15H2. The Morgan fingerprint density at radius 2 is 1.33 bits per heavy atom. The molecular weight excluding hydrogens is 301 g/mol. The van der Waals surface area contributed by atoms with Gasteiger partial charge < -0.3 is 9.30 Å². The van der Waals surface area contributed by atoms with Crippen molar-refractivity contribution in [2.45, 2.75) is 13.0 Å². The largest absolute Gasteiger partial charge is 0.490 e. The summed E-state index contributed by atoms with van der Waals surface area (Å²) in [5, 5.41) is 2.53. The Morgan fingerprint density at radius 3 is 2.00 bits per heavy atom. The molecule has 0 aliphatic carbocycles. The highest BCUT2D eigenvalue weighted by molar-refractivity contribution is 6.07. The Labute approximate surface area is 140 Å². The Balaban J connectivity index is 1.55. The molecule has 120 valence electrons. The van der Waals surface area contributed by atoms with E-state index < -0.39 is 0 Å². The molecule has 0 radical (unpaired) electrons. The van der Waals surface area contributed by atoms with Crippen LogP contribution >= 0.6 is 0 Å². The summed E-state index contributed by atoms with van der Waals surface area (Å²) in [6.07, 6.45) is 0.816. The minimum Gasteiger partial charge on any atom is -0.490 e. The zero-order chi connectivity index (χ0) is 16.4. The lowest BCUT2D eigenvalue weighted by Gasteiger charge is -2.09. The molecule has 0 saturated carbocycles. The molecule has 0 fully saturated rings. The van der Waals surface area contributed by atoms with E-state index in [-0.39, 0.29) is 5.82 Å². The summed E-state index contributed by atoms with van der Waals surface area (Å²) in [5.41, 5.74) is 2.45. The van der Waals surface area contributed by atoms with E-state index in [2.05, 4.69) is 53.1 Å². The molecule has 0 atom stereocenters. The highest BCUT2D eigenvalue weighted by Crippen LogP contribution is 2.28. The fourth-order valence-electron chi connectivity index (χ4n) is 3.21. The Kier molecular flexibility index (Phi) is 3.91. The third kappa shape index (κ3) is 2.62. The van der Waals surface area contributed by atoms with Crippen molar-refractivity contribution in [3.8, 4) is 5.75 Å². The fourth-order valence-corrected chi connectivity index (χ4v) is 3.21. The minimum atomic E-state index is -0.311. The van der Waals surface area contributed by atoms with E-state index in [4.69, 9.17) is 4.74 Å². The van der Waals surface area contributed by atoms with Crippen molar-refractivity contribution in [2.24, 2.45) is 0 Å². The molecule has 24 heavy (non-hydrogen) atoms. The van der Waals surface area contributed by atoms with Crippen LogP contribution in [0, 0.1) is 5.82 Å². The van der Waals surface area contributed by atoms with Gasteiger partial charge in [0, 0.05) is 28.4 Å². The SMILES string of the molecule is Fc1ccccc1OCCCn1c2ccccc2c2ccccc21. The number of nitrogens with zero attached hydrogens (tertiary/aromatic N) is 1. The van der Waals surface area contributed by atoms with Crippen molar-refractivity contribution in [2.75, 3.05) is 6.61 Å². The van der Waals surface area contributed by atoms with E-state index in [1.807, 2.05) is 0 Å². The summed E-state index contributed by atoms with van der Waals surface area (Å²) in [6, 6.07) is 23.4. The number of rotatable bonds is 5. The number of hydrogen-bond acceptors (Lipinski definition) is 1. The van der Waals surface area contributed by atoms with Gasteiger partial charge in [0.05, 0.1) is 6.61 Å². The molecule has 1 heterocycles. The van der Waals surface area contributed by atoms with Gasteiger partial charge in [0.1, 0.15) is 0 Å². The molecule has 0 spiro atoms. The number of para-hydroxylation sites is 3. The fraction of sp³-hybridized carbons (Fsp3) is 0.143. The van der Waals surface area contributed by atoms with Gasteiger partial charge in [-0.25, -0.2) is 4.39 Å². The predicted octanol–water partition coefficient (Wildman–Crippen LogP) is 5.40. The van der Waals surface area contributed by atoms with E-state index >= 15 is 0 Å². The number of ether oxygens (including phenoxy) is 1. The molecule has 4 rings (SSSR count). The molecule has 0 unspecified atom stereocenters. The van der Waals surface area contributed by atoms with E-state index in [9.17, 15) is 4.39 Å². The smallest absolute Gasteiger partial charge is 0.165 e. The maximum atomic E-state index is 13.6. The average Bonchev–Trinajstić information content (AvgIpc) is 2.94. The third-order valence-corrected chi connectivity index (χ3v) is 4.30. The van der Waals surface area contributed by atoms with Crippen LogP contribution in [0.3, 0.4) is 0 Å². The summed E-state index contributed by atoms with van der Waals surface area (Å²) in [4.78, 5) is 0. The Hall–Kier alpha value is -2.81. The zero-order valence-corrected chi connectivity index (χ0v) is 13.3. The third-order valence-electron chi connectivity index (χ3n) is 4.30. The van der Waals surface area contributed by atoms with Crippen LogP contribution in [0.2, 0.25) is 0 Å². The Bertz CT molecular complexity index is 936. The van der Waals surface area contributed by atoms with Gasteiger partial charge in [0.15, 0.2) is 11.6 Å². The van der Waals surface area contributed by atoms with Crippen LogP contribution in [0.25, 0.3) is 21.8 Å². The lowest BCUT2D eigenvalue weighted by atomic mass is 10.2.